The number of likely N-dealkylation sites (tertiary alicyclic amines) is 1. The molecule has 1 heterocycles. The van der Waals surface area contributed by atoms with Gasteiger partial charge in [-0.25, -0.2) is 0 Å². The third-order valence-corrected chi connectivity index (χ3v) is 3.90. The van der Waals surface area contributed by atoms with E-state index in [4.69, 9.17) is 11.6 Å². The van der Waals surface area contributed by atoms with Crippen molar-refractivity contribution >= 4 is 23.2 Å². The van der Waals surface area contributed by atoms with Crippen molar-refractivity contribution in [2.24, 2.45) is 5.92 Å². The lowest BCUT2D eigenvalue weighted by atomic mass is 9.99. The van der Waals surface area contributed by atoms with Crippen LogP contribution in [0.3, 0.4) is 0 Å². The lowest BCUT2D eigenvalue weighted by Crippen LogP contribution is -2.38. The minimum Gasteiger partial charge on any atom is -0.396 e. The number of aliphatic hydroxyl groups excluding tert-OH is 1. The van der Waals surface area contributed by atoms with Gasteiger partial charge in [0.05, 0.1) is 0 Å². The second kappa shape index (κ2) is 7.62. The van der Waals surface area contributed by atoms with E-state index < -0.39 is 0 Å². The van der Waals surface area contributed by atoms with Crippen LogP contribution in [0.15, 0.2) is 24.3 Å². The lowest BCUT2D eigenvalue weighted by Gasteiger charge is -2.31. The molecule has 1 aliphatic heterocycles. The van der Waals surface area contributed by atoms with Gasteiger partial charge in [0.25, 0.3) is 0 Å². The van der Waals surface area contributed by atoms with E-state index in [2.05, 4.69) is 10.2 Å². The molecule has 1 saturated heterocycles. The summed E-state index contributed by atoms with van der Waals surface area (Å²) in [5, 5.41) is 12.7. The molecule has 1 aromatic rings. The predicted molar refractivity (Wildman–Crippen MR) is 80.9 cm³/mol. The van der Waals surface area contributed by atoms with Gasteiger partial charge in [-0.15, -0.1) is 0 Å². The van der Waals surface area contributed by atoms with Crippen molar-refractivity contribution < 1.29 is 9.90 Å². The molecule has 0 aliphatic carbocycles. The number of aliphatic hydroxyl groups is 1. The standard InChI is InChI=1S/C15H21ClN2O2/c16-13-3-5-14(6-4-13)17-15(20)7-9-18-8-1-2-12(10-18)11-19/h3-6,12,19H,1-2,7-11H2,(H,17,20). The van der Waals surface area contributed by atoms with Gasteiger partial charge in [0, 0.05) is 36.8 Å². The second-order valence-electron chi connectivity index (χ2n) is 5.30. The van der Waals surface area contributed by atoms with Gasteiger partial charge in [-0.05, 0) is 49.6 Å². The molecular weight excluding hydrogens is 276 g/mol. The Morgan fingerprint density at radius 1 is 1.40 bits per heavy atom. The molecule has 5 heteroatoms. The van der Waals surface area contributed by atoms with E-state index in [1.807, 2.05) is 0 Å². The molecule has 4 nitrogen and oxygen atoms in total. The molecule has 1 unspecified atom stereocenters. The van der Waals surface area contributed by atoms with Crippen molar-refractivity contribution in [3.05, 3.63) is 29.3 Å². The highest BCUT2D eigenvalue weighted by Crippen LogP contribution is 2.16. The highest BCUT2D eigenvalue weighted by atomic mass is 35.5. The van der Waals surface area contributed by atoms with Gasteiger partial charge in [-0.3, -0.25) is 4.79 Å². The Hall–Kier alpha value is -1.10. The van der Waals surface area contributed by atoms with E-state index in [1.165, 1.54) is 0 Å². The molecule has 1 fully saturated rings. The van der Waals surface area contributed by atoms with Crippen LogP contribution >= 0.6 is 11.6 Å². The minimum absolute atomic E-state index is 0.0124. The normalized spacial score (nSPS) is 19.8. The number of piperidine rings is 1. The largest absolute Gasteiger partial charge is 0.396 e. The van der Waals surface area contributed by atoms with E-state index in [0.717, 1.165) is 38.2 Å². The number of rotatable bonds is 5. The van der Waals surface area contributed by atoms with Crippen molar-refractivity contribution in [2.75, 3.05) is 31.6 Å². The Morgan fingerprint density at radius 2 is 2.15 bits per heavy atom. The molecule has 1 amide bonds. The number of carbonyl (C=O) groups excluding carboxylic acids is 1. The predicted octanol–water partition coefficient (Wildman–Crippen LogP) is 2.37. The quantitative estimate of drug-likeness (QED) is 0.877. The third kappa shape index (κ3) is 4.78. The van der Waals surface area contributed by atoms with E-state index in [-0.39, 0.29) is 12.5 Å². The maximum Gasteiger partial charge on any atom is 0.225 e. The lowest BCUT2D eigenvalue weighted by molar-refractivity contribution is -0.116. The van der Waals surface area contributed by atoms with Crippen molar-refractivity contribution in [2.45, 2.75) is 19.3 Å². The smallest absolute Gasteiger partial charge is 0.225 e. The number of benzene rings is 1. The van der Waals surface area contributed by atoms with Crippen molar-refractivity contribution in [3.8, 4) is 0 Å². The first-order valence-corrected chi connectivity index (χ1v) is 7.44. The van der Waals surface area contributed by atoms with Crippen LogP contribution in [0, 0.1) is 5.92 Å². The summed E-state index contributed by atoms with van der Waals surface area (Å²) in [6.07, 6.45) is 2.66. The minimum atomic E-state index is 0.0124. The van der Waals surface area contributed by atoms with Gasteiger partial charge in [0.15, 0.2) is 0 Å². The summed E-state index contributed by atoms with van der Waals surface area (Å²) in [6, 6.07) is 7.10. The zero-order chi connectivity index (χ0) is 14.4. The number of hydrogen-bond donors (Lipinski definition) is 2. The first-order chi connectivity index (χ1) is 9.67. The maximum atomic E-state index is 11.9. The first kappa shape index (κ1) is 15.3. The number of carbonyl (C=O) groups is 1. The molecule has 0 saturated carbocycles. The van der Waals surface area contributed by atoms with Crippen LogP contribution in [-0.4, -0.2) is 42.2 Å². The topological polar surface area (TPSA) is 52.6 Å². The van der Waals surface area contributed by atoms with Crippen LogP contribution in [0.2, 0.25) is 5.02 Å². The van der Waals surface area contributed by atoms with E-state index in [1.54, 1.807) is 24.3 Å². The Morgan fingerprint density at radius 3 is 2.85 bits per heavy atom. The molecule has 2 N–H and O–H groups in total. The molecule has 0 radical (unpaired) electrons. The fraction of sp³-hybridized carbons (Fsp3) is 0.533. The molecular formula is C15H21ClN2O2. The Balaban J connectivity index is 1.73. The Bertz CT molecular complexity index is 436. The summed E-state index contributed by atoms with van der Waals surface area (Å²) < 4.78 is 0. The van der Waals surface area contributed by atoms with Crippen LogP contribution in [0.4, 0.5) is 5.69 Å². The van der Waals surface area contributed by atoms with Crippen LogP contribution in [0.1, 0.15) is 19.3 Å². The summed E-state index contributed by atoms with van der Waals surface area (Å²) in [4.78, 5) is 14.1. The molecule has 1 aliphatic rings. The van der Waals surface area contributed by atoms with E-state index in [0.29, 0.717) is 17.4 Å². The number of amides is 1. The van der Waals surface area contributed by atoms with Crippen molar-refractivity contribution in [1.29, 1.82) is 0 Å². The second-order valence-corrected chi connectivity index (χ2v) is 5.73. The van der Waals surface area contributed by atoms with Gasteiger partial charge >= 0.3 is 0 Å². The third-order valence-electron chi connectivity index (χ3n) is 3.64. The molecule has 20 heavy (non-hydrogen) atoms. The summed E-state index contributed by atoms with van der Waals surface area (Å²) in [6.45, 7) is 2.90. The number of nitrogens with one attached hydrogen (secondary N) is 1. The summed E-state index contributed by atoms with van der Waals surface area (Å²) >= 11 is 5.80. The summed E-state index contributed by atoms with van der Waals surface area (Å²) in [7, 11) is 0. The zero-order valence-electron chi connectivity index (χ0n) is 11.5. The highest BCUT2D eigenvalue weighted by molar-refractivity contribution is 6.30. The van der Waals surface area contributed by atoms with Crippen molar-refractivity contribution in [1.82, 2.24) is 4.90 Å². The SMILES string of the molecule is O=C(CCN1CCCC(CO)C1)Nc1ccc(Cl)cc1. The molecule has 0 spiro atoms. The Labute approximate surface area is 124 Å². The fourth-order valence-electron chi connectivity index (χ4n) is 2.52. The zero-order valence-corrected chi connectivity index (χ0v) is 12.3. The molecule has 1 aromatic carbocycles. The molecule has 110 valence electrons. The maximum absolute atomic E-state index is 11.9. The van der Waals surface area contributed by atoms with Gasteiger partial charge < -0.3 is 15.3 Å². The average molecular weight is 297 g/mol. The van der Waals surface area contributed by atoms with Crippen LogP contribution in [0.5, 0.6) is 0 Å². The fourth-order valence-corrected chi connectivity index (χ4v) is 2.65. The van der Waals surface area contributed by atoms with Crippen molar-refractivity contribution in [3.63, 3.8) is 0 Å². The molecule has 0 bridgehead atoms. The van der Waals surface area contributed by atoms with Crippen LogP contribution in [0.25, 0.3) is 0 Å². The highest BCUT2D eigenvalue weighted by Gasteiger charge is 2.19. The number of hydrogen-bond acceptors (Lipinski definition) is 3. The summed E-state index contributed by atoms with van der Waals surface area (Å²) in [5.74, 6) is 0.376. The first-order valence-electron chi connectivity index (χ1n) is 7.06. The molecule has 2 rings (SSSR count). The number of halogens is 1. The van der Waals surface area contributed by atoms with Gasteiger partial charge in [-0.1, -0.05) is 11.6 Å². The van der Waals surface area contributed by atoms with Gasteiger partial charge in [0.2, 0.25) is 5.91 Å². The molecule has 0 aromatic heterocycles. The average Bonchev–Trinajstić information content (AvgIpc) is 2.48. The monoisotopic (exact) mass is 296 g/mol. The summed E-state index contributed by atoms with van der Waals surface area (Å²) in [5.41, 5.74) is 0.770. The Kier molecular flexibility index (Phi) is 5.83. The van der Waals surface area contributed by atoms with E-state index >= 15 is 0 Å². The van der Waals surface area contributed by atoms with Crippen LogP contribution < -0.4 is 5.32 Å². The van der Waals surface area contributed by atoms with Gasteiger partial charge in [0.1, 0.15) is 0 Å². The van der Waals surface area contributed by atoms with Gasteiger partial charge in [-0.2, -0.15) is 0 Å². The number of nitrogens with zero attached hydrogens (tertiary/aromatic N) is 1. The molecule has 1 atom stereocenters. The number of anilines is 1. The van der Waals surface area contributed by atoms with E-state index in [9.17, 15) is 9.90 Å². The van der Waals surface area contributed by atoms with Crippen LogP contribution in [-0.2, 0) is 4.79 Å².